The largest absolute Gasteiger partial charge is 0.357 e. The monoisotopic (exact) mass is 350 g/mol. The molecule has 0 aromatic heterocycles. The Kier molecular flexibility index (Phi) is 9.58. The first kappa shape index (κ1) is 20.9. The van der Waals surface area contributed by atoms with Crippen molar-refractivity contribution < 1.29 is 9.18 Å². The van der Waals surface area contributed by atoms with Crippen molar-refractivity contribution in [1.82, 2.24) is 16.0 Å². The normalized spacial score (nSPS) is 12.6. The lowest BCUT2D eigenvalue weighted by molar-refractivity contribution is -0.121. The van der Waals surface area contributed by atoms with Crippen molar-refractivity contribution in [2.75, 3.05) is 19.6 Å². The van der Waals surface area contributed by atoms with Crippen LogP contribution in [0.5, 0.6) is 0 Å². The van der Waals surface area contributed by atoms with Gasteiger partial charge in [-0.05, 0) is 56.9 Å². The number of amides is 1. The topological polar surface area (TPSA) is 65.5 Å². The molecule has 0 aliphatic rings. The first-order chi connectivity index (χ1) is 12.0. The summed E-state index contributed by atoms with van der Waals surface area (Å²) in [6.07, 6.45) is 2.07. The van der Waals surface area contributed by atoms with Gasteiger partial charge in [-0.2, -0.15) is 0 Å². The smallest absolute Gasteiger partial charge is 0.222 e. The van der Waals surface area contributed by atoms with Crippen LogP contribution in [0.2, 0.25) is 0 Å². The van der Waals surface area contributed by atoms with Crippen molar-refractivity contribution in [2.24, 2.45) is 4.99 Å². The van der Waals surface area contributed by atoms with Gasteiger partial charge in [0, 0.05) is 25.6 Å². The molecule has 5 nitrogen and oxygen atoms in total. The second-order valence-electron chi connectivity index (χ2n) is 6.14. The number of hydrogen-bond donors (Lipinski definition) is 3. The summed E-state index contributed by atoms with van der Waals surface area (Å²) in [6, 6.07) is 5.04. The molecule has 0 bridgehead atoms. The third-order valence-corrected chi connectivity index (χ3v) is 3.96. The number of aryl methyl sites for hydroxylation is 1. The van der Waals surface area contributed by atoms with Gasteiger partial charge >= 0.3 is 0 Å². The van der Waals surface area contributed by atoms with Gasteiger partial charge in [-0.1, -0.05) is 13.0 Å². The Morgan fingerprint density at radius 3 is 2.68 bits per heavy atom. The maximum atomic E-state index is 13.1. The molecule has 0 saturated heterocycles. The number of nitrogens with zero attached hydrogens (tertiary/aromatic N) is 1. The summed E-state index contributed by atoms with van der Waals surface area (Å²) < 4.78 is 13.1. The van der Waals surface area contributed by atoms with E-state index in [1.807, 2.05) is 33.8 Å². The third-order valence-electron chi connectivity index (χ3n) is 3.96. The number of guanidine groups is 1. The van der Waals surface area contributed by atoms with Crippen LogP contribution >= 0.6 is 0 Å². The van der Waals surface area contributed by atoms with Crippen LogP contribution in [0, 0.1) is 12.7 Å². The van der Waals surface area contributed by atoms with Crippen molar-refractivity contribution in [3.63, 3.8) is 0 Å². The number of carbonyl (C=O) groups excluding carboxylic acids is 1. The van der Waals surface area contributed by atoms with Gasteiger partial charge < -0.3 is 16.0 Å². The molecule has 1 aromatic rings. The molecule has 1 unspecified atom stereocenters. The van der Waals surface area contributed by atoms with Crippen molar-refractivity contribution in [2.45, 2.75) is 53.0 Å². The Bertz CT molecular complexity index is 575. The van der Waals surface area contributed by atoms with Gasteiger partial charge in [0.1, 0.15) is 5.82 Å². The number of halogens is 1. The van der Waals surface area contributed by atoms with E-state index in [-0.39, 0.29) is 17.8 Å². The zero-order chi connectivity index (χ0) is 18.7. The zero-order valence-corrected chi connectivity index (χ0v) is 15.8. The zero-order valence-electron chi connectivity index (χ0n) is 15.8. The van der Waals surface area contributed by atoms with E-state index in [1.165, 1.54) is 6.07 Å². The molecule has 1 aromatic carbocycles. The van der Waals surface area contributed by atoms with Crippen LogP contribution < -0.4 is 16.0 Å². The number of carbonyl (C=O) groups is 1. The van der Waals surface area contributed by atoms with Crippen LogP contribution in [0.25, 0.3) is 0 Å². The quantitative estimate of drug-likeness (QED) is 0.474. The van der Waals surface area contributed by atoms with Gasteiger partial charge in [0.05, 0.1) is 6.54 Å². The molecule has 0 aliphatic carbocycles. The van der Waals surface area contributed by atoms with E-state index in [0.717, 1.165) is 30.5 Å². The van der Waals surface area contributed by atoms with Crippen molar-refractivity contribution in [1.29, 1.82) is 0 Å². The lowest BCUT2D eigenvalue weighted by atomic mass is 10.1. The van der Waals surface area contributed by atoms with Crippen LogP contribution in [0.1, 0.15) is 44.7 Å². The van der Waals surface area contributed by atoms with Crippen LogP contribution in [0.3, 0.4) is 0 Å². The summed E-state index contributed by atoms with van der Waals surface area (Å²) in [5.41, 5.74) is 2.06. The Labute approximate surface area is 150 Å². The van der Waals surface area contributed by atoms with E-state index in [2.05, 4.69) is 20.9 Å². The summed E-state index contributed by atoms with van der Waals surface area (Å²) in [5.74, 6) is 0.509. The molecule has 25 heavy (non-hydrogen) atoms. The highest BCUT2D eigenvalue weighted by atomic mass is 19.1. The SMILES string of the molecule is CCNC(=NCCC(=O)NC(C)CC)NCCc1ccc(F)cc1C. The standard InChI is InChI=1S/C19H31FN4O/c1-5-15(4)24-18(25)10-12-23-19(21-6-2)22-11-9-16-7-8-17(20)13-14(16)3/h7-8,13,15H,5-6,9-12H2,1-4H3,(H,24,25)(H2,21,22,23). The van der Waals surface area contributed by atoms with Gasteiger partial charge in [0.2, 0.25) is 5.91 Å². The first-order valence-electron chi connectivity index (χ1n) is 9.02. The molecule has 0 radical (unpaired) electrons. The molecule has 0 heterocycles. The minimum Gasteiger partial charge on any atom is -0.357 e. The van der Waals surface area contributed by atoms with Crippen molar-refractivity contribution >= 4 is 11.9 Å². The molecule has 0 spiro atoms. The van der Waals surface area contributed by atoms with E-state index in [0.29, 0.717) is 25.5 Å². The third kappa shape index (κ3) is 8.52. The average Bonchev–Trinajstić information content (AvgIpc) is 2.56. The average molecular weight is 350 g/mol. The van der Waals surface area contributed by atoms with Crippen molar-refractivity contribution in [3.8, 4) is 0 Å². The number of nitrogens with one attached hydrogen (secondary N) is 3. The number of hydrogen-bond acceptors (Lipinski definition) is 2. The molecular formula is C19H31FN4O. The Balaban J connectivity index is 2.43. The molecule has 1 atom stereocenters. The molecule has 6 heteroatoms. The van der Waals surface area contributed by atoms with E-state index < -0.39 is 0 Å². The van der Waals surface area contributed by atoms with Gasteiger partial charge in [0.25, 0.3) is 0 Å². The summed E-state index contributed by atoms with van der Waals surface area (Å²) >= 11 is 0. The molecule has 0 saturated carbocycles. The number of rotatable bonds is 9. The minimum absolute atomic E-state index is 0.0240. The lowest BCUT2D eigenvalue weighted by Gasteiger charge is -2.13. The van der Waals surface area contributed by atoms with Gasteiger partial charge in [-0.15, -0.1) is 0 Å². The van der Waals surface area contributed by atoms with Gasteiger partial charge in [0.15, 0.2) is 5.96 Å². The minimum atomic E-state index is -0.209. The summed E-state index contributed by atoms with van der Waals surface area (Å²) in [4.78, 5) is 16.2. The highest BCUT2D eigenvalue weighted by Gasteiger charge is 2.05. The fourth-order valence-electron chi connectivity index (χ4n) is 2.32. The van der Waals surface area contributed by atoms with Crippen LogP contribution in [-0.2, 0) is 11.2 Å². The molecule has 3 N–H and O–H groups in total. The lowest BCUT2D eigenvalue weighted by Crippen LogP contribution is -2.38. The highest BCUT2D eigenvalue weighted by molar-refractivity contribution is 5.80. The van der Waals surface area contributed by atoms with Gasteiger partial charge in [-0.3, -0.25) is 9.79 Å². The molecule has 0 fully saturated rings. The van der Waals surface area contributed by atoms with Crippen molar-refractivity contribution in [3.05, 3.63) is 35.1 Å². The molecular weight excluding hydrogens is 319 g/mol. The van der Waals surface area contributed by atoms with E-state index in [1.54, 1.807) is 6.07 Å². The summed E-state index contributed by atoms with van der Waals surface area (Å²) in [5, 5.41) is 9.35. The number of benzene rings is 1. The summed E-state index contributed by atoms with van der Waals surface area (Å²) in [6.45, 7) is 9.82. The fraction of sp³-hybridized carbons (Fsp3) is 0.579. The molecule has 1 amide bonds. The maximum Gasteiger partial charge on any atom is 0.222 e. The van der Waals surface area contributed by atoms with E-state index in [9.17, 15) is 9.18 Å². The van der Waals surface area contributed by atoms with Crippen LogP contribution in [0.4, 0.5) is 4.39 Å². The van der Waals surface area contributed by atoms with Crippen LogP contribution in [0.15, 0.2) is 23.2 Å². The molecule has 0 aliphatic heterocycles. The molecule has 140 valence electrons. The first-order valence-corrected chi connectivity index (χ1v) is 9.02. The van der Waals surface area contributed by atoms with E-state index in [4.69, 9.17) is 0 Å². The second-order valence-corrected chi connectivity index (χ2v) is 6.14. The molecule has 1 rings (SSSR count). The predicted octanol–water partition coefficient (Wildman–Crippen LogP) is 2.54. The Morgan fingerprint density at radius 2 is 2.04 bits per heavy atom. The predicted molar refractivity (Wildman–Crippen MR) is 101 cm³/mol. The fourth-order valence-corrected chi connectivity index (χ4v) is 2.32. The second kappa shape index (κ2) is 11.4. The maximum absolute atomic E-state index is 13.1. The highest BCUT2D eigenvalue weighted by Crippen LogP contribution is 2.10. The van der Waals surface area contributed by atoms with Gasteiger partial charge in [-0.25, -0.2) is 4.39 Å². The van der Waals surface area contributed by atoms with Crippen LogP contribution in [-0.4, -0.2) is 37.5 Å². The Hall–Kier alpha value is -2.11. The summed E-state index contributed by atoms with van der Waals surface area (Å²) in [7, 11) is 0. The Morgan fingerprint density at radius 1 is 1.28 bits per heavy atom. The van der Waals surface area contributed by atoms with E-state index >= 15 is 0 Å². The number of aliphatic imine (C=N–C) groups is 1.